The van der Waals surface area contributed by atoms with Gasteiger partial charge in [0.15, 0.2) is 0 Å². The molecule has 0 aliphatic carbocycles. The van der Waals surface area contributed by atoms with E-state index in [-0.39, 0.29) is 0 Å². The molecule has 0 saturated carbocycles. The highest BCUT2D eigenvalue weighted by Crippen LogP contribution is 2.22. The molecule has 21 heavy (non-hydrogen) atoms. The average molecular weight is 283 g/mol. The summed E-state index contributed by atoms with van der Waals surface area (Å²) in [5.41, 5.74) is 3.16. The van der Waals surface area contributed by atoms with E-state index in [1.54, 1.807) is 0 Å². The van der Waals surface area contributed by atoms with E-state index in [0.29, 0.717) is 11.4 Å². The lowest BCUT2D eigenvalue weighted by Gasteiger charge is -2.22. The summed E-state index contributed by atoms with van der Waals surface area (Å²) in [6, 6.07) is 8.47. The van der Waals surface area contributed by atoms with E-state index in [0.717, 1.165) is 25.9 Å². The van der Waals surface area contributed by atoms with Crippen molar-refractivity contribution in [3.8, 4) is 0 Å². The minimum Gasteiger partial charge on any atom is -0.465 e. The summed E-state index contributed by atoms with van der Waals surface area (Å²) in [6.45, 7) is 1.66. The number of benzene rings is 1. The smallest absolute Gasteiger partial charge is 0.343 e. The van der Waals surface area contributed by atoms with Crippen LogP contribution < -0.4 is 4.90 Å². The molecule has 1 aromatic heterocycles. The maximum atomic E-state index is 11.9. The number of rotatable bonds is 2. The quantitative estimate of drug-likeness (QED) is 0.788. The molecule has 1 aromatic carbocycles. The van der Waals surface area contributed by atoms with Crippen LogP contribution in [0.25, 0.3) is 0 Å². The zero-order chi connectivity index (χ0) is 14.7. The third-order valence-corrected chi connectivity index (χ3v) is 3.82. The first-order chi connectivity index (χ1) is 10.3. The Morgan fingerprint density at radius 1 is 1.19 bits per heavy atom. The van der Waals surface area contributed by atoms with Gasteiger partial charge in [0.05, 0.1) is 7.11 Å². The Balaban J connectivity index is 1.88. The number of carbonyl (C=O) groups excluding carboxylic acids is 1. The van der Waals surface area contributed by atoms with Crippen molar-refractivity contribution >= 4 is 11.8 Å². The normalized spacial score (nSPS) is 14.2. The fourth-order valence-corrected chi connectivity index (χ4v) is 2.71. The van der Waals surface area contributed by atoms with Gasteiger partial charge in [0.1, 0.15) is 17.7 Å². The van der Waals surface area contributed by atoms with Crippen molar-refractivity contribution in [2.24, 2.45) is 0 Å². The first-order valence-corrected chi connectivity index (χ1v) is 6.99. The molecule has 0 N–H and O–H groups in total. The lowest BCUT2D eigenvalue weighted by Crippen LogP contribution is -2.29. The minimum atomic E-state index is -0.396. The molecule has 0 amide bonds. The highest BCUT2D eigenvalue weighted by molar-refractivity contribution is 5.94. The van der Waals surface area contributed by atoms with Gasteiger partial charge in [-0.15, -0.1) is 0 Å². The number of hydrogen-bond donors (Lipinski definition) is 0. The van der Waals surface area contributed by atoms with Crippen LogP contribution in [0.5, 0.6) is 0 Å². The Morgan fingerprint density at radius 2 is 1.86 bits per heavy atom. The summed E-state index contributed by atoms with van der Waals surface area (Å²) >= 11 is 0. The Bertz CT molecular complexity index is 630. The second-order valence-corrected chi connectivity index (χ2v) is 5.01. The fourth-order valence-electron chi connectivity index (χ4n) is 2.71. The molecule has 2 aromatic rings. The molecule has 1 aliphatic rings. The van der Waals surface area contributed by atoms with Crippen molar-refractivity contribution in [3.63, 3.8) is 0 Å². The molecular formula is C16H17N3O2. The first kappa shape index (κ1) is 13.5. The molecule has 0 spiro atoms. The van der Waals surface area contributed by atoms with E-state index < -0.39 is 5.97 Å². The summed E-state index contributed by atoms with van der Waals surface area (Å²) in [5.74, 6) is 0.261. The maximum Gasteiger partial charge on any atom is 0.343 e. The Kier molecular flexibility index (Phi) is 3.81. The van der Waals surface area contributed by atoms with Crippen molar-refractivity contribution in [3.05, 3.63) is 53.5 Å². The lowest BCUT2D eigenvalue weighted by molar-refractivity contribution is 0.0600. The molecule has 5 nitrogen and oxygen atoms in total. The van der Waals surface area contributed by atoms with Crippen molar-refractivity contribution in [1.29, 1.82) is 0 Å². The van der Waals surface area contributed by atoms with Crippen LogP contribution >= 0.6 is 0 Å². The molecular weight excluding hydrogens is 266 g/mol. The largest absolute Gasteiger partial charge is 0.465 e. The zero-order valence-electron chi connectivity index (χ0n) is 12.0. The van der Waals surface area contributed by atoms with Gasteiger partial charge in [0, 0.05) is 19.3 Å². The molecule has 0 fully saturated rings. The fraction of sp³-hybridized carbons (Fsp3) is 0.312. The molecule has 0 radical (unpaired) electrons. The second-order valence-electron chi connectivity index (χ2n) is 5.01. The number of esters is 1. The highest BCUT2D eigenvalue weighted by Gasteiger charge is 2.21. The number of hydrogen-bond acceptors (Lipinski definition) is 5. The van der Waals surface area contributed by atoms with E-state index in [2.05, 4.69) is 39.1 Å². The number of methoxy groups -OCH3 is 1. The van der Waals surface area contributed by atoms with Crippen molar-refractivity contribution in [1.82, 2.24) is 9.97 Å². The predicted octanol–water partition coefficient (Wildman–Crippen LogP) is 1.87. The van der Waals surface area contributed by atoms with Crippen LogP contribution in [-0.2, 0) is 17.6 Å². The lowest BCUT2D eigenvalue weighted by atomic mass is 10.0. The van der Waals surface area contributed by atoms with Crippen molar-refractivity contribution in [2.75, 3.05) is 25.1 Å². The maximum absolute atomic E-state index is 11.9. The van der Waals surface area contributed by atoms with Gasteiger partial charge < -0.3 is 9.64 Å². The summed E-state index contributed by atoms with van der Waals surface area (Å²) in [4.78, 5) is 22.2. The molecule has 0 unspecified atom stereocenters. The molecule has 2 heterocycles. The van der Waals surface area contributed by atoms with E-state index in [4.69, 9.17) is 4.74 Å². The highest BCUT2D eigenvalue weighted by atomic mass is 16.5. The van der Waals surface area contributed by atoms with Gasteiger partial charge in [0.25, 0.3) is 0 Å². The Labute approximate surface area is 123 Å². The van der Waals surface area contributed by atoms with Crippen LogP contribution in [0.3, 0.4) is 0 Å². The van der Waals surface area contributed by atoms with Gasteiger partial charge in [-0.3, -0.25) is 0 Å². The van der Waals surface area contributed by atoms with Gasteiger partial charge in [0.2, 0.25) is 0 Å². The standard InChI is InChI=1S/C16H17N3O2/c1-21-16(20)14-10-17-11-18-15(14)19-8-6-12-4-2-3-5-13(12)7-9-19/h2-5,10-11H,6-9H2,1H3. The van der Waals surface area contributed by atoms with E-state index in [1.165, 1.54) is 30.8 Å². The van der Waals surface area contributed by atoms with Gasteiger partial charge in [-0.25, -0.2) is 14.8 Å². The van der Waals surface area contributed by atoms with Crippen molar-refractivity contribution < 1.29 is 9.53 Å². The molecule has 3 rings (SSSR count). The average Bonchev–Trinajstić information content (AvgIpc) is 2.77. The van der Waals surface area contributed by atoms with E-state index in [1.807, 2.05) is 0 Å². The number of fused-ring (bicyclic) bond motifs is 1. The summed E-state index contributed by atoms with van der Waals surface area (Å²) in [6.07, 6.45) is 4.88. The van der Waals surface area contributed by atoms with Gasteiger partial charge in [-0.1, -0.05) is 24.3 Å². The first-order valence-electron chi connectivity index (χ1n) is 6.99. The molecule has 0 saturated heterocycles. The van der Waals surface area contributed by atoms with Gasteiger partial charge >= 0.3 is 5.97 Å². The SMILES string of the molecule is COC(=O)c1cncnc1N1CCc2ccccc2CC1. The van der Waals surface area contributed by atoms with Crippen LogP contribution in [0.4, 0.5) is 5.82 Å². The number of aromatic nitrogens is 2. The summed E-state index contributed by atoms with van der Waals surface area (Å²) in [5, 5.41) is 0. The van der Waals surface area contributed by atoms with Gasteiger partial charge in [-0.05, 0) is 24.0 Å². The molecule has 108 valence electrons. The van der Waals surface area contributed by atoms with E-state index >= 15 is 0 Å². The Morgan fingerprint density at radius 3 is 2.48 bits per heavy atom. The third-order valence-electron chi connectivity index (χ3n) is 3.82. The Hall–Kier alpha value is -2.43. The molecule has 0 atom stereocenters. The number of carbonyl (C=O) groups is 1. The van der Waals surface area contributed by atoms with Crippen LogP contribution in [0.1, 0.15) is 21.5 Å². The number of nitrogens with zero attached hydrogens (tertiary/aromatic N) is 3. The van der Waals surface area contributed by atoms with Crippen LogP contribution in [-0.4, -0.2) is 36.1 Å². The molecule has 0 bridgehead atoms. The third kappa shape index (κ3) is 2.72. The van der Waals surface area contributed by atoms with E-state index in [9.17, 15) is 4.79 Å². The van der Waals surface area contributed by atoms with Gasteiger partial charge in [-0.2, -0.15) is 0 Å². The monoisotopic (exact) mass is 283 g/mol. The molecule has 5 heteroatoms. The van der Waals surface area contributed by atoms with Crippen LogP contribution in [0.15, 0.2) is 36.8 Å². The number of anilines is 1. The topological polar surface area (TPSA) is 55.3 Å². The number of ether oxygens (including phenoxy) is 1. The van der Waals surface area contributed by atoms with Crippen LogP contribution in [0, 0.1) is 0 Å². The second kappa shape index (κ2) is 5.91. The minimum absolute atomic E-state index is 0.396. The van der Waals surface area contributed by atoms with Crippen molar-refractivity contribution in [2.45, 2.75) is 12.8 Å². The zero-order valence-corrected chi connectivity index (χ0v) is 12.0. The molecule has 1 aliphatic heterocycles. The predicted molar refractivity (Wildman–Crippen MR) is 79.4 cm³/mol. The van der Waals surface area contributed by atoms with Crippen LogP contribution in [0.2, 0.25) is 0 Å². The summed E-state index contributed by atoms with van der Waals surface area (Å²) < 4.78 is 4.82. The summed E-state index contributed by atoms with van der Waals surface area (Å²) in [7, 11) is 1.37.